The second-order valence-corrected chi connectivity index (χ2v) is 7.19. The van der Waals surface area contributed by atoms with Crippen molar-refractivity contribution in [1.82, 2.24) is 10.2 Å². The van der Waals surface area contributed by atoms with Crippen LogP contribution in [0.5, 0.6) is 0 Å². The molecule has 4 heteroatoms. The SMILES string of the molecule is CC1CN(Cc2ccccc2)CC1CNCC(O)C1CCCO1. The average Bonchev–Trinajstić information content (AvgIpc) is 3.19. The molecule has 23 heavy (non-hydrogen) atoms. The van der Waals surface area contributed by atoms with Gasteiger partial charge in [-0.1, -0.05) is 37.3 Å². The van der Waals surface area contributed by atoms with E-state index in [0.717, 1.165) is 45.6 Å². The Morgan fingerprint density at radius 3 is 2.87 bits per heavy atom. The monoisotopic (exact) mass is 318 g/mol. The zero-order valence-corrected chi connectivity index (χ0v) is 14.2. The second-order valence-electron chi connectivity index (χ2n) is 7.19. The van der Waals surface area contributed by atoms with E-state index in [0.29, 0.717) is 18.4 Å². The van der Waals surface area contributed by atoms with E-state index in [1.165, 1.54) is 5.56 Å². The summed E-state index contributed by atoms with van der Waals surface area (Å²) in [6.45, 7) is 8.11. The van der Waals surface area contributed by atoms with E-state index in [1.807, 2.05) is 0 Å². The molecule has 0 aliphatic carbocycles. The van der Waals surface area contributed by atoms with Crippen LogP contribution in [0.1, 0.15) is 25.3 Å². The zero-order chi connectivity index (χ0) is 16.1. The lowest BCUT2D eigenvalue weighted by Gasteiger charge is -2.20. The van der Waals surface area contributed by atoms with Gasteiger partial charge in [0.25, 0.3) is 0 Å². The molecule has 1 aromatic carbocycles. The molecule has 0 amide bonds. The van der Waals surface area contributed by atoms with Crippen molar-refractivity contribution in [3.05, 3.63) is 35.9 Å². The maximum atomic E-state index is 10.1. The topological polar surface area (TPSA) is 44.7 Å². The van der Waals surface area contributed by atoms with Gasteiger partial charge in [-0.3, -0.25) is 4.90 Å². The Kier molecular flexibility index (Phi) is 6.06. The number of benzene rings is 1. The standard InChI is InChI=1S/C19H30N2O2/c1-15-12-21(13-16-6-3-2-4-7-16)14-17(15)10-20-11-18(22)19-8-5-9-23-19/h2-4,6-7,15,17-20,22H,5,8-14H2,1H3. The van der Waals surface area contributed by atoms with Crippen LogP contribution in [0.2, 0.25) is 0 Å². The van der Waals surface area contributed by atoms with E-state index in [4.69, 9.17) is 4.74 Å². The minimum Gasteiger partial charge on any atom is -0.389 e. The van der Waals surface area contributed by atoms with E-state index in [9.17, 15) is 5.11 Å². The summed E-state index contributed by atoms with van der Waals surface area (Å²) in [5.74, 6) is 1.36. The number of nitrogens with zero attached hydrogens (tertiary/aromatic N) is 1. The molecule has 2 aliphatic rings. The lowest BCUT2D eigenvalue weighted by atomic mass is 9.98. The van der Waals surface area contributed by atoms with E-state index in [-0.39, 0.29) is 12.2 Å². The fourth-order valence-electron chi connectivity index (χ4n) is 3.83. The normalized spacial score (nSPS) is 29.9. The first-order valence-electron chi connectivity index (χ1n) is 8.99. The second kappa shape index (κ2) is 8.25. The highest BCUT2D eigenvalue weighted by Gasteiger charge is 2.30. The number of aliphatic hydroxyl groups is 1. The van der Waals surface area contributed by atoms with E-state index < -0.39 is 0 Å². The van der Waals surface area contributed by atoms with Crippen molar-refractivity contribution in [1.29, 1.82) is 0 Å². The van der Waals surface area contributed by atoms with Gasteiger partial charge in [-0.25, -0.2) is 0 Å². The van der Waals surface area contributed by atoms with Crippen LogP contribution in [0.3, 0.4) is 0 Å². The van der Waals surface area contributed by atoms with E-state index in [2.05, 4.69) is 47.5 Å². The Balaban J connectivity index is 1.38. The molecule has 0 aromatic heterocycles. The molecule has 0 saturated carbocycles. The average molecular weight is 318 g/mol. The molecule has 1 aromatic rings. The van der Waals surface area contributed by atoms with Crippen molar-refractivity contribution < 1.29 is 9.84 Å². The lowest BCUT2D eigenvalue weighted by Crippen LogP contribution is -2.38. The number of likely N-dealkylation sites (tertiary alicyclic amines) is 1. The Morgan fingerprint density at radius 1 is 1.30 bits per heavy atom. The van der Waals surface area contributed by atoms with Gasteiger partial charge < -0.3 is 15.2 Å². The minimum atomic E-state index is -0.366. The molecule has 128 valence electrons. The van der Waals surface area contributed by atoms with Crippen molar-refractivity contribution in [3.8, 4) is 0 Å². The van der Waals surface area contributed by atoms with Gasteiger partial charge in [-0.05, 0) is 36.8 Å². The third-order valence-corrected chi connectivity index (χ3v) is 5.25. The van der Waals surface area contributed by atoms with Gasteiger partial charge in [0.1, 0.15) is 0 Å². The summed E-state index contributed by atoms with van der Waals surface area (Å²) in [7, 11) is 0. The maximum Gasteiger partial charge on any atom is 0.0925 e. The molecule has 2 heterocycles. The van der Waals surface area contributed by atoms with Crippen LogP contribution in [-0.4, -0.2) is 55.0 Å². The van der Waals surface area contributed by atoms with E-state index in [1.54, 1.807) is 0 Å². The lowest BCUT2D eigenvalue weighted by molar-refractivity contribution is -0.000861. The first-order chi connectivity index (χ1) is 11.2. The highest BCUT2D eigenvalue weighted by atomic mass is 16.5. The van der Waals surface area contributed by atoms with Gasteiger partial charge in [0.2, 0.25) is 0 Å². The number of rotatable bonds is 7. The molecule has 4 unspecified atom stereocenters. The molecule has 2 saturated heterocycles. The summed E-state index contributed by atoms with van der Waals surface area (Å²) in [6.07, 6.45) is 1.75. The molecule has 2 aliphatic heterocycles. The predicted octanol–water partition coefficient (Wildman–Crippen LogP) is 1.88. The van der Waals surface area contributed by atoms with Gasteiger partial charge >= 0.3 is 0 Å². The molecule has 4 atom stereocenters. The number of nitrogens with one attached hydrogen (secondary N) is 1. The summed E-state index contributed by atoms with van der Waals surface area (Å²) in [5.41, 5.74) is 1.39. The highest BCUT2D eigenvalue weighted by molar-refractivity contribution is 5.14. The summed E-state index contributed by atoms with van der Waals surface area (Å²) in [4.78, 5) is 2.54. The predicted molar refractivity (Wildman–Crippen MR) is 92.2 cm³/mol. The van der Waals surface area contributed by atoms with Gasteiger partial charge in [0, 0.05) is 32.8 Å². The molecule has 0 spiro atoms. The van der Waals surface area contributed by atoms with Crippen molar-refractivity contribution in [3.63, 3.8) is 0 Å². The van der Waals surface area contributed by atoms with Crippen molar-refractivity contribution in [2.24, 2.45) is 11.8 Å². The fraction of sp³-hybridized carbons (Fsp3) is 0.684. The molecule has 0 bridgehead atoms. The highest BCUT2D eigenvalue weighted by Crippen LogP contribution is 2.24. The molecular weight excluding hydrogens is 288 g/mol. The molecular formula is C19H30N2O2. The molecule has 3 rings (SSSR count). The van der Waals surface area contributed by atoms with Gasteiger partial charge in [-0.15, -0.1) is 0 Å². The number of hydrogen-bond donors (Lipinski definition) is 2. The van der Waals surface area contributed by atoms with E-state index >= 15 is 0 Å². The number of aliphatic hydroxyl groups excluding tert-OH is 1. The van der Waals surface area contributed by atoms with Crippen LogP contribution < -0.4 is 5.32 Å². The third-order valence-electron chi connectivity index (χ3n) is 5.25. The maximum absolute atomic E-state index is 10.1. The Hall–Kier alpha value is -0.940. The smallest absolute Gasteiger partial charge is 0.0925 e. The summed E-state index contributed by atoms with van der Waals surface area (Å²) >= 11 is 0. The van der Waals surface area contributed by atoms with Crippen molar-refractivity contribution >= 4 is 0 Å². The number of hydrogen-bond acceptors (Lipinski definition) is 4. The minimum absolute atomic E-state index is 0.0399. The van der Waals surface area contributed by atoms with Crippen LogP contribution in [0.15, 0.2) is 30.3 Å². The Morgan fingerprint density at radius 2 is 2.13 bits per heavy atom. The van der Waals surface area contributed by atoms with Crippen LogP contribution in [0, 0.1) is 11.8 Å². The largest absolute Gasteiger partial charge is 0.389 e. The quantitative estimate of drug-likeness (QED) is 0.806. The van der Waals surface area contributed by atoms with Gasteiger partial charge in [0.15, 0.2) is 0 Å². The Labute approximate surface area is 139 Å². The van der Waals surface area contributed by atoms with Crippen molar-refractivity contribution in [2.45, 2.75) is 38.5 Å². The fourth-order valence-corrected chi connectivity index (χ4v) is 3.83. The zero-order valence-electron chi connectivity index (χ0n) is 14.2. The van der Waals surface area contributed by atoms with Crippen LogP contribution in [0.25, 0.3) is 0 Å². The van der Waals surface area contributed by atoms with Crippen molar-refractivity contribution in [2.75, 3.05) is 32.8 Å². The summed E-state index contributed by atoms with van der Waals surface area (Å²) < 4.78 is 5.54. The van der Waals surface area contributed by atoms with Crippen LogP contribution in [0.4, 0.5) is 0 Å². The summed E-state index contributed by atoms with van der Waals surface area (Å²) in [6, 6.07) is 10.7. The number of ether oxygens (including phenoxy) is 1. The van der Waals surface area contributed by atoms with Crippen LogP contribution in [-0.2, 0) is 11.3 Å². The molecule has 2 fully saturated rings. The van der Waals surface area contributed by atoms with Gasteiger partial charge in [-0.2, -0.15) is 0 Å². The Bertz CT molecular complexity index is 462. The first-order valence-corrected chi connectivity index (χ1v) is 8.99. The summed E-state index contributed by atoms with van der Waals surface area (Å²) in [5, 5.41) is 13.6. The van der Waals surface area contributed by atoms with Gasteiger partial charge in [0.05, 0.1) is 12.2 Å². The molecule has 4 nitrogen and oxygen atoms in total. The third kappa shape index (κ3) is 4.77. The molecule has 2 N–H and O–H groups in total. The molecule has 0 radical (unpaired) electrons. The first kappa shape index (κ1) is 16.9. The van der Waals surface area contributed by atoms with Crippen LogP contribution >= 0.6 is 0 Å².